The minimum absolute atomic E-state index is 0.0821. The molecule has 0 aromatic rings. The van der Waals surface area contributed by atoms with Gasteiger partial charge in [-0.1, -0.05) is 20.8 Å². The highest BCUT2D eigenvalue weighted by molar-refractivity contribution is 7.87. The SMILES string of the molecule is CN(CCCNC1CC1)S(=O)(=O)NC(C)(C)CC(C)(C)C. The molecule has 0 heterocycles. The molecule has 0 spiro atoms. The molecule has 2 N–H and O–H groups in total. The summed E-state index contributed by atoms with van der Waals surface area (Å²) in [5, 5.41) is 3.40. The van der Waals surface area contributed by atoms with Crippen LogP contribution in [0.25, 0.3) is 0 Å². The first kappa shape index (κ1) is 18.9. The molecule has 126 valence electrons. The topological polar surface area (TPSA) is 61.4 Å². The van der Waals surface area contributed by atoms with E-state index in [1.807, 2.05) is 13.8 Å². The third kappa shape index (κ3) is 8.14. The predicted octanol–water partition coefficient (Wildman–Crippen LogP) is 2.11. The zero-order valence-electron chi connectivity index (χ0n) is 14.5. The van der Waals surface area contributed by atoms with E-state index in [0.29, 0.717) is 12.6 Å². The van der Waals surface area contributed by atoms with Crippen LogP contribution >= 0.6 is 0 Å². The van der Waals surface area contributed by atoms with Crippen molar-refractivity contribution in [1.29, 1.82) is 0 Å². The van der Waals surface area contributed by atoms with Crippen LogP contribution in [0.2, 0.25) is 0 Å². The molecule has 0 unspecified atom stereocenters. The summed E-state index contributed by atoms with van der Waals surface area (Å²) in [5.41, 5.74) is -0.365. The van der Waals surface area contributed by atoms with Gasteiger partial charge in [0.25, 0.3) is 10.2 Å². The molecule has 0 aromatic carbocycles. The molecule has 21 heavy (non-hydrogen) atoms. The molecule has 1 aliphatic carbocycles. The standard InChI is InChI=1S/C15H33N3O2S/c1-14(2,3)12-15(4,5)17-21(19,20)18(6)11-7-10-16-13-8-9-13/h13,16-17H,7-12H2,1-6H3. The van der Waals surface area contributed by atoms with Gasteiger partial charge in [-0.3, -0.25) is 0 Å². The highest BCUT2D eigenvalue weighted by atomic mass is 32.2. The van der Waals surface area contributed by atoms with Gasteiger partial charge in [0.15, 0.2) is 0 Å². The van der Waals surface area contributed by atoms with E-state index in [2.05, 4.69) is 30.8 Å². The summed E-state index contributed by atoms with van der Waals surface area (Å²) >= 11 is 0. The summed E-state index contributed by atoms with van der Waals surface area (Å²) in [6.45, 7) is 11.7. The Hall–Kier alpha value is -0.170. The van der Waals surface area contributed by atoms with E-state index in [0.717, 1.165) is 19.4 Å². The maximum Gasteiger partial charge on any atom is 0.279 e. The maximum atomic E-state index is 12.4. The highest BCUT2D eigenvalue weighted by Gasteiger charge is 2.31. The summed E-state index contributed by atoms with van der Waals surface area (Å²) in [6, 6.07) is 0.677. The summed E-state index contributed by atoms with van der Waals surface area (Å²) in [5.74, 6) is 0. The van der Waals surface area contributed by atoms with Crippen molar-refractivity contribution in [2.45, 2.75) is 71.9 Å². The zero-order valence-corrected chi connectivity index (χ0v) is 15.3. The second-order valence-electron chi connectivity index (χ2n) is 8.13. The normalized spacial score (nSPS) is 17.5. The van der Waals surface area contributed by atoms with Gasteiger partial charge in [0.2, 0.25) is 0 Å². The van der Waals surface area contributed by atoms with Crippen LogP contribution in [0.3, 0.4) is 0 Å². The molecule has 5 nitrogen and oxygen atoms in total. The Labute approximate surface area is 131 Å². The fraction of sp³-hybridized carbons (Fsp3) is 1.00. The van der Waals surface area contributed by atoms with Crippen molar-refractivity contribution >= 4 is 10.2 Å². The van der Waals surface area contributed by atoms with Crippen molar-refractivity contribution < 1.29 is 8.42 Å². The Bertz CT molecular complexity index is 423. The average molecular weight is 320 g/mol. The fourth-order valence-electron chi connectivity index (χ4n) is 2.80. The monoisotopic (exact) mass is 319 g/mol. The van der Waals surface area contributed by atoms with E-state index in [9.17, 15) is 8.42 Å². The minimum atomic E-state index is -3.42. The van der Waals surface area contributed by atoms with Crippen molar-refractivity contribution in [3.8, 4) is 0 Å². The Kier molecular flexibility index (Phi) is 6.24. The number of rotatable bonds is 9. The number of nitrogens with zero attached hydrogens (tertiary/aromatic N) is 1. The molecule has 0 radical (unpaired) electrons. The van der Waals surface area contributed by atoms with Gasteiger partial charge in [-0.05, 0) is 51.5 Å². The van der Waals surface area contributed by atoms with Gasteiger partial charge in [0.05, 0.1) is 0 Å². The molecule has 1 fully saturated rings. The van der Waals surface area contributed by atoms with Crippen LogP contribution in [-0.4, -0.2) is 44.4 Å². The third-order valence-corrected chi connectivity index (χ3v) is 5.26. The molecular weight excluding hydrogens is 286 g/mol. The number of hydrogen-bond donors (Lipinski definition) is 2. The molecule has 0 aromatic heterocycles. The summed E-state index contributed by atoms with van der Waals surface area (Å²) in [6.07, 6.45) is 4.15. The molecule has 0 atom stereocenters. The molecule has 0 bridgehead atoms. The molecular formula is C15H33N3O2S. The lowest BCUT2D eigenvalue weighted by molar-refractivity contribution is 0.265. The van der Waals surface area contributed by atoms with Gasteiger partial charge >= 0.3 is 0 Å². The lowest BCUT2D eigenvalue weighted by Gasteiger charge is -2.34. The van der Waals surface area contributed by atoms with Crippen LogP contribution in [0, 0.1) is 5.41 Å². The van der Waals surface area contributed by atoms with Gasteiger partial charge < -0.3 is 5.32 Å². The highest BCUT2D eigenvalue weighted by Crippen LogP contribution is 2.27. The smallest absolute Gasteiger partial charge is 0.279 e. The van der Waals surface area contributed by atoms with Crippen molar-refractivity contribution in [2.24, 2.45) is 5.41 Å². The van der Waals surface area contributed by atoms with Gasteiger partial charge in [0.1, 0.15) is 0 Å². The Morgan fingerprint density at radius 2 is 1.71 bits per heavy atom. The Balaban J connectivity index is 2.42. The first-order chi connectivity index (χ1) is 9.41. The lowest BCUT2D eigenvalue weighted by Crippen LogP contribution is -2.51. The fourth-order valence-corrected chi connectivity index (χ4v) is 4.10. The van der Waals surface area contributed by atoms with Crippen LogP contribution in [0.1, 0.15) is 60.3 Å². The van der Waals surface area contributed by atoms with Crippen LogP contribution < -0.4 is 10.0 Å². The zero-order chi connectivity index (χ0) is 16.3. The molecule has 6 heteroatoms. The second-order valence-corrected chi connectivity index (χ2v) is 9.91. The third-order valence-electron chi connectivity index (χ3n) is 3.45. The van der Waals surface area contributed by atoms with Crippen LogP contribution in [0.5, 0.6) is 0 Å². The first-order valence-corrected chi connectivity index (χ1v) is 9.34. The Morgan fingerprint density at radius 1 is 1.14 bits per heavy atom. The summed E-state index contributed by atoms with van der Waals surface area (Å²) in [4.78, 5) is 0. The lowest BCUT2D eigenvalue weighted by atomic mass is 9.82. The van der Waals surface area contributed by atoms with Gasteiger partial charge in [0, 0.05) is 25.2 Å². The van der Waals surface area contributed by atoms with E-state index in [4.69, 9.17) is 0 Å². The summed E-state index contributed by atoms with van der Waals surface area (Å²) in [7, 11) is -1.77. The van der Waals surface area contributed by atoms with Crippen LogP contribution in [0.15, 0.2) is 0 Å². The van der Waals surface area contributed by atoms with Crippen molar-refractivity contribution in [2.75, 3.05) is 20.1 Å². The number of hydrogen-bond acceptors (Lipinski definition) is 3. The first-order valence-electron chi connectivity index (χ1n) is 7.90. The molecule has 1 rings (SSSR count). The maximum absolute atomic E-state index is 12.4. The van der Waals surface area contributed by atoms with E-state index < -0.39 is 15.7 Å². The Morgan fingerprint density at radius 3 is 2.19 bits per heavy atom. The summed E-state index contributed by atoms with van der Waals surface area (Å²) < 4.78 is 29.0. The molecule has 0 saturated heterocycles. The van der Waals surface area contributed by atoms with Crippen molar-refractivity contribution in [3.63, 3.8) is 0 Å². The second kappa shape index (κ2) is 6.94. The molecule has 0 aliphatic heterocycles. The number of nitrogens with one attached hydrogen (secondary N) is 2. The quantitative estimate of drug-likeness (QED) is 0.640. The van der Waals surface area contributed by atoms with Gasteiger partial charge in [-0.2, -0.15) is 17.4 Å². The van der Waals surface area contributed by atoms with Gasteiger partial charge in [-0.15, -0.1) is 0 Å². The van der Waals surface area contributed by atoms with Crippen molar-refractivity contribution in [1.82, 2.24) is 14.3 Å². The molecule has 1 saturated carbocycles. The van der Waals surface area contributed by atoms with E-state index in [-0.39, 0.29) is 5.41 Å². The molecule has 1 aliphatic rings. The minimum Gasteiger partial charge on any atom is -0.314 e. The largest absolute Gasteiger partial charge is 0.314 e. The van der Waals surface area contributed by atoms with E-state index in [1.54, 1.807) is 7.05 Å². The molecule has 0 amide bonds. The predicted molar refractivity (Wildman–Crippen MR) is 88.5 cm³/mol. The van der Waals surface area contributed by atoms with Crippen LogP contribution in [0.4, 0.5) is 0 Å². The van der Waals surface area contributed by atoms with E-state index in [1.165, 1.54) is 17.1 Å². The van der Waals surface area contributed by atoms with E-state index >= 15 is 0 Å². The average Bonchev–Trinajstić information content (AvgIpc) is 3.02. The van der Waals surface area contributed by atoms with Crippen LogP contribution in [-0.2, 0) is 10.2 Å². The van der Waals surface area contributed by atoms with Crippen molar-refractivity contribution in [3.05, 3.63) is 0 Å². The van der Waals surface area contributed by atoms with Gasteiger partial charge in [-0.25, -0.2) is 0 Å².